The van der Waals surface area contributed by atoms with Crippen LogP contribution in [0, 0.1) is 15.9 Å². The first-order chi connectivity index (χ1) is 17.5. The molecule has 0 saturated carbocycles. The third-order valence-corrected chi connectivity index (χ3v) is 5.83. The van der Waals surface area contributed by atoms with E-state index in [1.54, 1.807) is 33.9 Å². The molecule has 1 atom stereocenters. The van der Waals surface area contributed by atoms with Crippen LogP contribution in [0.2, 0.25) is 0 Å². The minimum Gasteiger partial charge on any atom is -0.459 e. The zero-order valence-corrected chi connectivity index (χ0v) is 21.1. The number of benzene rings is 2. The number of nitrogens with one attached hydrogen (secondary N) is 1. The van der Waals surface area contributed by atoms with Gasteiger partial charge in [-0.3, -0.25) is 14.9 Å². The van der Waals surface area contributed by atoms with E-state index in [1.807, 2.05) is 0 Å². The minimum absolute atomic E-state index is 0.131. The zero-order chi connectivity index (χ0) is 27.3. The molecule has 0 radical (unpaired) electrons. The summed E-state index contributed by atoms with van der Waals surface area (Å²) in [4.78, 5) is 52.5. The zero-order valence-electron chi connectivity index (χ0n) is 21.1. The number of carbonyl (C=O) groups excluding carboxylic acids is 3. The van der Waals surface area contributed by atoms with Crippen molar-refractivity contribution in [3.05, 3.63) is 86.9 Å². The van der Waals surface area contributed by atoms with Crippen LogP contribution in [0.4, 0.5) is 14.9 Å². The van der Waals surface area contributed by atoms with Gasteiger partial charge in [-0.2, -0.15) is 0 Å². The number of nitro benzene ring substituents is 1. The predicted octanol–water partition coefficient (Wildman–Crippen LogP) is 4.19. The lowest BCUT2D eigenvalue weighted by atomic mass is 9.93. The number of amides is 3. The lowest BCUT2D eigenvalue weighted by Crippen LogP contribution is -2.49. The van der Waals surface area contributed by atoms with Crippen molar-refractivity contribution in [2.45, 2.75) is 39.3 Å². The smallest absolute Gasteiger partial charge is 0.338 e. The molecule has 196 valence electrons. The number of esters is 1. The Bertz CT molecular complexity index is 1230. The first-order valence-electron chi connectivity index (χ1n) is 11.7. The molecular formula is C26H29FN4O6. The highest BCUT2D eigenvalue weighted by molar-refractivity contribution is 5.95. The number of ether oxygens (including phenoxy) is 1. The molecular weight excluding hydrogens is 483 g/mol. The molecule has 1 heterocycles. The Morgan fingerprint density at radius 3 is 2.51 bits per heavy atom. The third kappa shape index (κ3) is 6.49. The Morgan fingerprint density at radius 2 is 1.89 bits per heavy atom. The van der Waals surface area contributed by atoms with Crippen LogP contribution in [0.5, 0.6) is 0 Å². The van der Waals surface area contributed by atoms with Gasteiger partial charge in [0.1, 0.15) is 5.82 Å². The second-order valence-electron chi connectivity index (χ2n) is 8.96. The second kappa shape index (κ2) is 11.6. The molecule has 0 fully saturated rings. The molecule has 1 aliphatic rings. The maximum Gasteiger partial charge on any atom is 0.338 e. The number of hydrogen-bond donors (Lipinski definition) is 1. The lowest BCUT2D eigenvalue weighted by Gasteiger charge is -2.38. The SMILES string of the molecule is CC1=C(C(=O)OC(C)C)C(c2cccc([N+](=O)[O-])c2)N(CCCN(C)C(=O)c2ccc(F)cc2)C(=O)N1. The molecule has 1 aliphatic heterocycles. The molecule has 3 rings (SSSR count). The Balaban J connectivity index is 1.87. The summed E-state index contributed by atoms with van der Waals surface area (Å²) in [5.74, 6) is -1.40. The van der Waals surface area contributed by atoms with E-state index in [-0.39, 0.29) is 30.3 Å². The van der Waals surface area contributed by atoms with E-state index in [0.717, 1.165) is 0 Å². The van der Waals surface area contributed by atoms with E-state index >= 15 is 0 Å². The van der Waals surface area contributed by atoms with E-state index in [9.17, 15) is 28.9 Å². The standard InChI is InChI=1S/C26H29FN4O6/c1-16(2)37-25(33)22-17(3)28-26(34)30(23(22)19-7-5-8-21(15-19)31(35)36)14-6-13-29(4)24(32)18-9-11-20(27)12-10-18/h5,7-12,15-16,23H,6,13-14H2,1-4H3,(H,28,34). The summed E-state index contributed by atoms with van der Waals surface area (Å²) in [7, 11) is 1.59. The summed E-state index contributed by atoms with van der Waals surface area (Å²) in [6, 6.07) is 9.55. The molecule has 0 spiro atoms. The molecule has 10 nitrogen and oxygen atoms in total. The maximum absolute atomic E-state index is 13.2. The number of halogens is 1. The normalized spacial score (nSPS) is 15.5. The average Bonchev–Trinajstić information content (AvgIpc) is 2.84. The fourth-order valence-electron chi connectivity index (χ4n) is 4.10. The first-order valence-corrected chi connectivity index (χ1v) is 11.7. The number of allylic oxidation sites excluding steroid dienone is 1. The molecule has 0 aromatic heterocycles. The fourth-order valence-corrected chi connectivity index (χ4v) is 4.10. The van der Waals surface area contributed by atoms with E-state index in [2.05, 4.69) is 5.32 Å². The predicted molar refractivity (Wildman–Crippen MR) is 133 cm³/mol. The number of rotatable bonds is 9. The highest BCUT2D eigenvalue weighted by Gasteiger charge is 2.39. The van der Waals surface area contributed by atoms with Crippen LogP contribution in [-0.2, 0) is 9.53 Å². The van der Waals surface area contributed by atoms with Gasteiger partial charge in [0.2, 0.25) is 0 Å². The molecule has 2 aromatic carbocycles. The van der Waals surface area contributed by atoms with Crippen molar-refractivity contribution < 1.29 is 28.4 Å². The van der Waals surface area contributed by atoms with Gasteiger partial charge in [0.15, 0.2) is 0 Å². The summed E-state index contributed by atoms with van der Waals surface area (Å²) in [6.45, 7) is 5.36. The van der Waals surface area contributed by atoms with Gasteiger partial charge in [-0.1, -0.05) is 12.1 Å². The van der Waals surface area contributed by atoms with Crippen molar-refractivity contribution in [3.63, 3.8) is 0 Å². The Morgan fingerprint density at radius 1 is 1.22 bits per heavy atom. The van der Waals surface area contributed by atoms with Crippen LogP contribution in [-0.4, -0.2) is 58.9 Å². The average molecular weight is 513 g/mol. The summed E-state index contributed by atoms with van der Waals surface area (Å²) in [5.41, 5.74) is 1.00. The molecule has 1 N–H and O–H groups in total. The molecule has 11 heteroatoms. The van der Waals surface area contributed by atoms with Crippen LogP contribution < -0.4 is 5.32 Å². The van der Waals surface area contributed by atoms with Crippen molar-refractivity contribution in [2.24, 2.45) is 0 Å². The summed E-state index contributed by atoms with van der Waals surface area (Å²) in [5, 5.41) is 14.1. The van der Waals surface area contributed by atoms with Crippen LogP contribution in [0.1, 0.15) is 49.2 Å². The van der Waals surface area contributed by atoms with Gasteiger partial charge in [0.05, 0.1) is 22.6 Å². The molecule has 0 saturated heterocycles. The van der Waals surface area contributed by atoms with Crippen molar-refractivity contribution in [2.75, 3.05) is 20.1 Å². The van der Waals surface area contributed by atoms with E-state index in [1.165, 1.54) is 52.3 Å². The van der Waals surface area contributed by atoms with Crippen molar-refractivity contribution >= 4 is 23.6 Å². The number of non-ortho nitro benzene ring substituents is 1. The lowest BCUT2D eigenvalue weighted by molar-refractivity contribution is -0.384. The van der Waals surface area contributed by atoms with E-state index in [4.69, 9.17) is 4.74 Å². The van der Waals surface area contributed by atoms with Gasteiger partial charge in [0, 0.05) is 43.5 Å². The van der Waals surface area contributed by atoms with Crippen LogP contribution in [0.15, 0.2) is 59.8 Å². The largest absolute Gasteiger partial charge is 0.459 e. The van der Waals surface area contributed by atoms with E-state index in [0.29, 0.717) is 23.2 Å². The van der Waals surface area contributed by atoms with E-state index < -0.39 is 34.9 Å². The quantitative estimate of drug-likeness (QED) is 0.305. The minimum atomic E-state index is -0.932. The fraction of sp³-hybridized carbons (Fsp3) is 0.346. The number of nitro groups is 1. The molecule has 0 aliphatic carbocycles. The number of urea groups is 1. The molecule has 3 amide bonds. The Kier molecular flexibility index (Phi) is 8.59. The van der Waals surface area contributed by atoms with Gasteiger partial charge in [-0.25, -0.2) is 14.0 Å². The number of nitrogens with zero attached hydrogens (tertiary/aromatic N) is 3. The highest BCUT2D eigenvalue weighted by Crippen LogP contribution is 2.36. The topological polar surface area (TPSA) is 122 Å². The number of carbonyl (C=O) groups is 3. The Labute approximate surface area is 213 Å². The molecule has 2 aromatic rings. The van der Waals surface area contributed by atoms with Crippen molar-refractivity contribution in [1.82, 2.24) is 15.1 Å². The summed E-state index contributed by atoms with van der Waals surface area (Å²) >= 11 is 0. The summed E-state index contributed by atoms with van der Waals surface area (Å²) in [6.07, 6.45) is -0.0795. The molecule has 0 bridgehead atoms. The van der Waals surface area contributed by atoms with Crippen molar-refractivity contribution in [1.29, 1.82) is 0 Å². The maximum atomic E-state index is 13.2. The van der Waals surface area contributed by atoms with Gasteiger partial charge < -0.3 is 19.9 Å². The number of hydrogen-bond acceptors (Lipinski definition) is 6. The van der Waals surface area contributed by atoms with Crippen LogP contribution in [0.25, 0.3) is 0 Å². The third-order valence-electron chi connectivity index (χ3n) is 5.83. The van der Waals surface area contributed by atoms with Gasteiger partial charge in [-0.05, 0) is 57.0 Å². The van der Waals surface area contributed by atoms with Gasteiger partial charge >= 0.3 is 12.0 Å². The van der Waals surface area contributed by atoms with Crippen LogP contribution in [0.3, 0.4) is 0 Å². The molecule has 37 heavy (non-hydrogen) atoms. The Hall–Kier alpha value is -4.28. The highest BCUT2D eigenvalue weighted by atomic mass is 19.1. The first kappa shape index (κ1) is 27.3. The second-order valence-corrected chi connectivity index (χ2v) is 8.96. The van der Waals surface area contributed by atoms with Crippen LogP contribution >= 0.6 is 0 Å². The van der Waals surface area contributed by atoms with Gasteiger partial charge in [0.25, 0.3) is 11.6 Å². The molecule has 1 unspecified atom stereocenters. The van der Waals surface area contributed by atoms with Crippen molar-refractivity contribution in [3.8, 4) is 0 Å². The van der Waals surface area contributed by atoms with Gasteiger partial charge in [-0.15, -0.1) is 0 Å². The monoisotopic (exact) mass is 512 g/mol. The summed E-state index contributed by atoms with van der Waals surface area (Å²) < 4.78 is 18.6.